The topological polar surface area (TPSA) is 97.1 Å². The van der Waals surface area contributed by atoms with Gasteiger partial charge in [-0.25, -0.2) is 0 Å². The van der Waals surface area contributed by atoms with Crippen LogP contribution in [0.25, 0.3) is 0 Å². The SMILES string of the molecule is CC(=NNC(=S)Nc1ccccc1)c1ccc(O)c(O)c1O. The van der Waals surface area contributed by atoms with Gasteiger partial charge in [0.1, 0.15) is 0 Å². The van der Waals surface area contributed by atoms with Crippen LogP contribution in [0.3, 0.4) is 0 Å². The Morgan fingerprint density at radius 1 is 1.00 bits per heavy atom. The molecule has 0 heterocycles. The summed E-state index contributed by atoms with van der Waals surface area (Å²) in [5.74, 6) is -1.43. The van der Waals surface area contributed by atoms with E-state index < -0.39 is 17.2 Å². The van der Waals surface area contributed by atoms with Gasteiger partial charge in [-0.05, 0) is 43.4 Å². The molecule has 0 bridgehead atoms. The van der Waals surface area contributed by atoms with E-state index in [1.165, 1.54) is 12.1 Å². The highest BCUT2D eigenvalue weighted by Gasteiger charge is 2.13. The molecule has 0 saturated carbocycles. The highest BCUT2D eigenvalue weighted by molar-refractivity contribution is 7.80. The molecule has 0 aromatic heterocycles. The fourth-order valence-corrected chi connectivity index (χ4v) is 1.90. The predicted molar refractivity (Wildman–Crippen MR) is 89.4 cm³/mol. The van der Waals surface area contributed by atoms with Gasteiger partial charge in [0.25, 0.3) is 0 Å². The van der Waals surface area contributed by atoms with Crippen molar-refractivity contribution in [1.82, 2.24) is 5.43 Å². The van der Waals surface area contributed by atoms with E-state index in [1.807, 2.05) is 30.3 Å². The van der Waals surface area contributed by atoms with Gasteiger partial charge in [-0.2, -0.15) is 5.10 Å². The zero-order chi connectivity index (χ0) is 16.1. The molecule has 0 aliphatic carbocycles. The van der Waals surface area contributed by atoms with Crippen LogP contribution in [0.2, 0.25) is 0 Å². The maximum atomic E-state index is 9.78. The van der Waals surface area contributed by atoms with Crippen molar-refractivity contribution in [2.45, 2.75) is 6.92 Å². The number of anilines is 1. The second-order valence-electron chi connectivity index (χ2n) is 4.46. The molecule has 0 atom stereocenters. The van der Waals surface area contributed by atoms with Crippen LogP contribution in [-0.2, 0) is 0 Å². The minimum absolute atomic E-state index is 0.283. The second kappa shape index (κ2) is 6.77. The molecular formula is C15H15N3O3S. The second-order valence-corrected chi connectivity index (χ2v) is 4.87. The lowest BCUT2D eigenvalue weighted by Crippen LogP contribution is -2.24. The molecule has 6 nitrogen and oxygen atoms in total. The lowest BCUT2D eigenvalue weighted by atomic mass is 10.1. The van der Waals surface area contributed by atoms with Crippen LogP contribution >= 0.6 is 12.2 Å². The number of nitrogens with zero attached hydrogens (tertiary/aromatic N) is 1. The lowest BCUT2D eigenvalue weighted by molar-refractivity contribution is 0.367. The van der Waals surface area contributed by atoms with Gasteiger partial charge in [-0.1, -0.05) is 18.2 Å². The summed E-state index contributed by atoms with van der Waals surface area (Å²) >= 11 is 5.10. The van der Waals surface area contributed by atoms with E-state index in [0.29, 0.717) is 5.71 Å². The van der Waals surface area contributed by atoms with Gasteiger partial charge in [0, 0.05) is 11.3 Å². The van der Waals surface area contributed by atoms with Crippen LogP contribution in [0.15, 0.2) is 47.6 Å². The summed E-state index contributed by atoms with van der Waals surface area (Å²) in [6.07, 6.45) is 0. The molecule has 2 rings (SSSR count). The fraction of sp³-hybridized carbons (Fsp3) is 0.0667. The largest absolute Gasteiger partial charge is 0.504 e. The first-order valence-corrected chi connectivity index (χ1v) is 6.80. The van der Waals surface area contributed by atoms with Crippen molar-refractivity contribution in [3.05, 3.63) is 48.0 Å². The summed E-state index contributed by atoms with van der Waals surface area (Å²) in [6, 6.07) is 12.1. The quantitative estimate of drug-likeness (QED) is 0.258. The zero-order valence-electron chi connectivity index (χ0n) is 11.7. The van der Waals surface area contributed by atoms with Crippen LogP contribution in [0, 0.1) is 0 Å². The van der Waals surface area contributed by atoms with Gasteiger partial charge >= 0.3 is 0 Å². The molecular weight excluding hydrogens is 302 g/mol. The highest BCUT2D eigenvalue weighted by Crippen LogP contribution is 2.37. The Bertz CT molecular complexity index is 717. The van der Waals surface area contributed by atoms with Gasteiger partial charge in [0.2, 0.25) is 5.75 Å². The van der Waals surface area contributed by atoms with Gasteiger partial charge < -0.3 is 20.6 Å². The van der Waals surface area contributed by atoms with Gasteiger partial charge in [0.05, 0.1) is 5.71 Å². The molecule has 0 fully saturated rings. The van der Waals surface area contributed by atoms with Crippen LogP contribution in [-0.4, -0.2) is 26.1 Å². The Morgan fingerprint density at radius 2 is 1.68 bits per heavy atom. The number of benzene rings is 2. The number of aromatic hydroxyl groups is 3. The van der Waals surface area contributed by atoms with E-state index in [4.69, 9.17) is 12.2 Å². The molecule has 2 aromatic carbocycles. The number of hydrogen-bond acceptors (Lipinski definition) is 5. The fourth-order valence-electron chi connectivity index (χ4n) is 1.74. The minimum Gasteiger partial charge on any atom is -0.504 e. The van der Waals surface area contributed by atoms with Gasteiger partial charge in [-0.15, -0.1) is 0 Å². The van der Waals surface area contributed by atoms with E-state index >= 15 is 0 Å². The number of hydrazone groups is 1. The molecule has 114 valence electrons. The maximum absolute atomic E-state index is 9.78. The lowest BCUT2D eigenvalue weighted by Gasteiger charge is -2.09. The van der Waals surface area contributed by atoms with E-state index in [1.54, 1.807) is 6.92 Å². The van der Waals surface area contributed by atoms with E-state index in [2.05, 4.69) is 15.8 Å². The van der Waals surface area contributed by atoms with E-state index in [-0.39, 0.29) is 10.7 Å². The van der Waals surface area contributed by atoms with Crippen molar-refractivity contribution in [1.29, 1.82) is 0 Å². The predicted octanol–water partition coefficient (Wildman–Crippen LogP) is 2.51. The Labute approximate surface area is 132 Å². The van der Waals surface area contributed by atoms with Crippen LogP contribution in [0.5, 0.6) is 17.2 Å². The van der Waals surface area contributed by atoms with Crippen molar-refractivity contribution in [2.24, 2.45) is 5.10 Å². The number of nitrogens with one attached hydrogen (secondary N) is 2. The molecule has 0 saturated heterocycles. The summed E-state index contributed by atoms with van der Waals surface area (Å²) in [4.78, 5) is 0. The number of rotatable bonds is 3. The van der Waals surface area contributed by atoms with Crippen LogP contribution in [0.1, 0.15) is 12.5 Å². The van der Waals surface area contributed by atoms with Crippen LogP contribution < -0.4 is 10.7 Å². The van der Waals surface area contributed by atoms with Crippen molar-refractivity contribution in [2.75, 3.05) is 5.32 Å². The minimum atomic E-state index is -0.586. The monoisotopic (exact) mass is 317 g/mol. The summed E-state index contributed by atoms with van der Waals surface area (Å²) in [5.41, 5.74) is 4.14. The van der Waals surface area contributed by atoms with E-state index in [9.17, 15) is 15.3 Å². The highest BCUT2D eigenvalue weighted by atomic mass is 32.1. The summed E-state index contributed by atoms with van der Waals surface area (Å²) in [6.45, 7) is 1.63. The number of hydrogen-bond donors (Lipinski definition) is 5. The molecule has 0 aliphatic rings. The average Bonchev–Trinajstić information content (AvgIpc) is 2.51. The molecule has 0 aliphatic heterocycles. The third kappa shape index (κ3) is 3.64. The third-order valence-corrected chi connectivity index (χ3v) is 3.07. The first kappa shape index (κ1) is 15.6. The Balaban J connectivity index is 2.07. The molecule has 0 unspecified atom stereocenters. The van der Waals surface area contributed by atoms with Crippen molar-refractivity contribution < 1.29 is 15.3 Å². The number of para-hydroxylation sites is 1. The molecule has 5 N–H and O–H groups in total. The summed E-state index contributed by atoms with van der Waals surface area (Å²) < 4.78 is 0. The van der Waals surface area contributed by atoms with Crippen molar-refractivity contribution >= 4 is 28.7 Å². The molecule has 22 heavy (non-hydrogen) atoms. The first-order chi connectivity index (χ1) is 10.5. The van der Waals surface area contributed by atoms with Gasteiger partial charge in [0.15, 0.2) is 16.6 Å². The van der Waals surface area contributed by atoms with E-state index in [0.717, 1.165) is 5.69 Å². The smallest absolute Gasteiger partial charge is 0.200 e. The van der Waals surface area contributed by atoms with Gasteiger partial charge in [-0.3, -0.25) is 5.43 Å². The Morgan fingerprint density at radius 3 is 2.36 bits per heavy atom. The third-order valence-electron chi connectivity index (χ3n) is 2.88. The standard InChI is InChI=1S/C15H15N3O3S/c1-9(11-7-8-12(19)14(21)13(11)20)17-18-15(22)16-10-5-3-2-4-6-10/h2-8,19-21H,1H3,(H2,16,18,22). The Hall–Kier alpha value is -2.80. The first-order valence-electron chi connectivity index (χ1n) is 6.39. The summed E-state index contributed by atoms with van der Waals surface area (Å²) in [7, 11) is 0. The molecule has 7 heteroatoms. The number of phenols is 3. The normalized spacial score (nSPS) is 11.0. The van der Waals surface area contributed by atoms with Crippen LogP contribution in [0.4, 0.5) is 5.69 Å². The molecule has 2 aromatic rings. The molecule has 0 spiro atoms. The van der Waals surface area contributed by atoms with Crippen molar-refractivity contribution in [3.8, 4) is 17.2 Å². The number of phenolic OH excluding ortho intramolecular Hbond substituents is 3. The Kier molecular flexibility index (Phi) is 4.80. The zero-order valence-corrected chi connectivity index (χ0v) is 12.6. The average molecular weight is 317 g/mol. The molecule has 0 radical (unpaired) electrons. The maximum Gasteiger partial charge on any atom is 0.200 e. The van der Waals surface area contributed by atoms with Crippen molar-refractivity contribution in [3.63, 3.8) is 0 Å². The number of thiocarbonyl (C=S) groups is 1. The summed E-state index contributed by atoms with van der Waals surface area (Å²) in [5, 5.41) is 35.8. The molecule has 0 amide bonds.